The molecule has 3 nitrogen and oxygen atoms in total. The Morgan fingerprint density at radius 2 is 2.26 bits per heavy atom. The highest BCUT2D eigenvalue weighted by molar-refractivity contribution is 5.16. The number of hydrogen-bond donors (Lipinski definition) is 1. The summed E-state index contributed by atoms with van der Waals surface area (Å²) in [5.74, 6) is 2.97. The van der Waals surface area contributed by atoms with E-state index in [4.69, 9.17) is 0 Å². The van der Waals surface area contributed by atoms with Crippen LogP contribution in [0.4, 0.5) is 0 Å². The van der Waals surface area contributed by atoms with Crippen LogP contribution < -0.4 is 5.32 Å². The Morgan fingerprint density at radius 3 is 2.89 bits per heavy atom. The second kappa shape index (κ2) is 5.28. The van der Waals surface area contributed by atoms with Gasteiger partial charge in [-0.05, 0) is 50.4 Å². The molecule has 3 rings (SSSR count). The topological polar surface area (TPSA) is 29.9 Å². The van der Waals surface area contributed by atoms with E-state index in [1.165, 1.54) is 36.9 Å². The van der Waals surface area contributed by atoms with Crippen molar-refractivity contribution in [2.24, 2.45) is 24.8 Å². The quantitative estimate of drug-likeness (QED) is 0.883. The Hall–Kier alpha value is -0.830. The third-order valence-electron chi connectivity index (χ3n) is 5.38. The lowest BCUT2D eigenvalue weighted by Crippen LogP contribution is -2.36. The number of aromatic nitrogens is 2. The van der Waals surface area contributed by atoms with Gasteiger partial charge in [0.15, 0.2) is 0 Å². The molecule has 4 unspecified atom stereocenters. The molecular weight excluding hydrogens is 234 g/mol. The molecule has 0 aromatic carbocycles. The predicted molar refractivity (Wildman–Crippen MR) is 77.8 cm³/mol. The third kappa shape index (κ3) is 2.58. The molecule has 106 valence electrons. The van der Waals surface area contributed by atoms with Gasteiger partial charge in [0, 0.05) is 31.4 Å². The van der Waals surface area contributed by atoms with Crippen LogP contribution in [0.1, 0.15) is 50.8 Å². The molecule has 1 aromatic heterocycles. The normalized spacial score (nSPS) is 31.0. The zero-order valence-electron chi connectivity index (χ0n) is 12.5. The predicted octanol–water partition coefficient (Wildman–Crippen LogP) is 2.90. The third-order valence-corrected chi connectivity index (χ3v) is 5.38. The standard InChI is InChI=1S/C16H27N3/c1-4-16-14(10-19(3)18-16)9-17-11(2)15-8-12-5-6-13(15)7-12/h10-13,15,17H,4-9H2,1-3H3. The fraction of sp³-hybridized carbons (Fsp3) is 0.812. The van der Waals surface area contributed by atoms with Crippen molar-refractivity contribution in [3.05, 3.63) is 17.5 Å². The van der Waals surface area contributed by atoms with E-state index in [1.807, 2.05) is 11.7 Å². The highest BCUT2D eigenvalue weighted by Gasteiger charge is 2.41. The molecule has 0 spiro atoms. The summed E-state index contributed by atoms with van der Waals surface area (Å²) in [5, 5.41) is 8.28. The summed E-state index contributed by atoms with van der Waals surface area (Å²) >= 11 is 0. The lowest BCUT2D eigenvalue weighted by atomic mass is 9.84. The number of fused-ring (bicyclic) bond motifs is 2. The van der Waals surface area contributed by atoms with Crippen molar-refractivity contribution in [2.45, 2.75) is 58.5 Å². The number of hydrogen-bond acceptors (Lipinski definition) is 2. The van der Waals surface area contributed by atoms with Crippen LogP contribution in [-0.4, -0.2) is 15.8 Å². The van der Waals surface area contributed by atoms with Gasteiger partial charge in [-0.1, -0.05) is 13.3 Å². The molecule has 19 heavy (non-hydrogen) atoms. The maximum Gasteiger partial charge on any atom is 0.0666 e. The van der Waals surface area contributed by atoms with E-state index in [0.29, 0.717) is 6.04 Å². The van der Waals surface area contributed by atoms with Crippen molar-refractivity contribution >= 4 is 0 Å². The smallest absolute Gasteiger partial charge is 0.0666 e. The number of rotatable bonds is 5. The van der Waals surface area contributed by atoms with Crippen LogP contribution in [0.2, 0.25) is 0 Å². The van der Waals surface area contributed by atoms with E-state index < -0.39 is 0 Å². The maximum atomic E-state index is 4.52. The minimum Gasteiger partial charge on any atom is -0.310 e. The first kappa shape index (κ1) is 13.2. The largest absolute Gasteiger partial charge is 0.310 e. The lowest BCUT2D eigenvalue weighted by molar-refractivity contribution is 0.259. The van der Waals surface area contributed by atoms with Crippen molar-refractivity contribution in [1.82, 2.24) is 15.1 Å². The fourth-order valence-electron chi connectivity index (χ4n) is 4.36. The van der Waals surface area contributed by atoms with Gasteiger partial charge in [-0.2, -0.15) is 5.10 Å². The summed E-state index contributed by atoms with van der Waals surface area (Å²) in [4.78, 5) is 0. The first-order valence-corrected chi connectivity index (χ1v) is 7.92. The first-order chi connectivity index (χ1) is 9.17. The summed E-state index contributed by atoms with van der Waals surface area (Å²) in [7, 11) is 2.02. The highest BCUT2D eigenvalue weighted by atomic mass is 15.3. The van der Waals surface area contributed by atoms with Crippen LogP contribution in [-0.2, 0) is 20.0 Å². The Morgan fingerprint density at radius 1 is 1.42 bits per heavy atom. The van der Waals surface area contributed by atoms with Gasteiger partial charge in [0.25, 0.3) is 0 Å². The van der Waals surface area contributed by atoms with E-state index in [1.54, 1.807) is 0 Å². The molecule has 0 radical (unpaired) electrons. The molecule has 0 aliphatic heterocycles. The van der Waals surface area contributed by atoms with Crippen molar-refractivity contribution in [3.8, 4) is 0 Å². The van der Waals surface area contributed by atoms with E-state index in [2.05, 4.69) is 30.5 Å². The summed E-state index contributed by atoms with van der Waals surface area (Å²) < 4.78 is 1.94. The van der Waals surface area contributed by atoms with Gasteiger partial charge in [-0.25, -0.2) is 0 Å². The van der Waals surface area contributed by atoms with Gasteiger partial charge in [-0.3, -0.25) is 4.68 Å². The van der Waals surface area contributed by atoms with Crippen LogP contribution in [0.15, 0.2) is 6.20 Å². The zero-order valence-corrected chi connectivity index (χ0v) is 12.5. The van der Waals surface area contributed by atoms with Crippen LogP contribution >= 0.6 is 0 Å². The zero-order chi connectivity index (χ0) is 13.4. The molecule has 1 N–H and O–H groups in total. The number of nitrogens with zero attached hydrogens (tertiary/aromatic N) is 2. The van der Waals surface area contributed by atoms with Gasteiger partial charge in [0.2, 0.25) is 0 Å². The summed E-state index contributed by atoms with van der Waals surface area (Å²) in [6.07, 6.45) is 9.14. The highest BCUT2D eigenvalue weighted by Crippen LogP contribution is 2.49. The Bertz CT molecular complexity index is 437. The molecule has 0 amide bonds. The monoisotopic (exact) mass is 261 g/mol. The van der Waals surface area contributed by atoms with E-state index in [0.717, 1.165) is 30.7 Å². The van der Waals surface area contributed by atoms with Crippen LogP contribution in [0, 0.1) is 17.8 Å². The van der Waals surface area contributed by atoms with Gasteiger partial charge in [0.05, 0.1) is 5.69 Å². The van der Waals surface area contributed by atoms with Crippen LogP contribution in [0.3, 0.4) is 0 Å². The van der Waals surface area contributed by atoms with Crippen LogP contribution in [0.25, 0.3) is 0 Å². The molecule has 1 aromatic rings. The van der Waals surface area contributed by atoms with Crippen molar-refractivity contribution in [3.63, 3.8) is 0 Å². The minimum atomic E-state index is 0.653. The maximum absolute atomic E-state index is 4.52. The average molecular weight is 261 g/mol. The van der Waals surface area contributed by atoms with E-state index in [-0.39, 0.29) is 0 Å². The Labute approximate surface area is 116 Å². The molecule has 2 aliphatic carbocycles. The van der Waals surface area contributed by atoms with E-state index in [9.17, 15) is 0 Å². The average Bonchev–Trinajstić information content (AvgIpc) is 3.10. The molecule has 2 saturated carbocycles. The van der Waals surface area contributed by atoms with Crippen LogP contribution in [0.5, 0.6) is 0 Å². The van der Waals surface area contributed by atoms with Crippen molar-refractivity contribution in [2.75, 3.05) is 0 Å². The number of nitrogens with one attached hydrogen (secondary N) is 1. The number of aryl methyl sites for hydroxylation is 2. The second-order valence-electron chi connectivity index (χ2n) is 6.64. The summed E-state index contributed by atoms with van der Waals surface area (Å²) in [6.45, 7) is 5.55. The van der Waals surface area contributed by atoms with Crippen molar-refractivity contribution < 1.29 is 0 Å². The lowest BCUT2D eigenvalue weighted by Gasteiger charge is -2.28. The van der Waals surface area contributed by atoms with Crippen molar-refractivity contribution in [1.29, 1.82) is 0 Å². The molecule has 0 saturated heterocycles. The first-order valence-electron chi connectivity index (χ1n) is 7.92. The SMILES string of the molecule is CCc1nn(C)cc1CNC(C)C1CC2CCC1C2. The Kier molecular flexibility index (Phi) is 3.66. The molecular formula is C16H27N3. The molecule has 2 aliphatic rings. The van der Waals surface area contributed by atoms with E-state index >= 15 is 0 Å². The minimum absolute atomic E-state index is 0.653. The molecule has 2 fully saturated rings. The summed E-state index contributed by atoms with van der Waals surface area (Å²) in [6, 6.07) is 0.653. The molecule has 1 heterocycles. The molecule has 4 atom stereocenters. The summed E-state index contributed by atoms with van der Waals surface area (Å²) in [5.41, 5.74) is 2.62. The van der Waals surface area contributed by atoms with Gasteiger partial charge < -0.3 is 5.32 Å². The molecule has 3 heteroatoms. The Balaban J connectivity index is 1.57. The van der Waals surface area contributed by atoms with Gasteiger partial charge in [-0.15, -0.1) is 0 Å². The van der Waals surface area contributed by atoms with Gasteiger partial charge >= 0.3 is 0 Å². The van der Waals surface area contributed by atoms with Gasteiger partial charge in [0.1, 0.15) is 0 Å². The second-order valence-corrected chi connectivity index (χ2v) is 6.64. The molecule has 2 bridgehead atoms. The fourth-order valence-corrected chi connectivity index (χ4v) is 4.36.